The SMILES string of the molecule is CC(Oc1ccc2[nH]nc(-c3ccc(N4CC5(C4)CN(S(C)(=O)=O)C5)nc3)c2c1)c1c(Cl)cncc1Cl. The van der Waals surface area contributed by atoms with Gasteiger partial charge >= 0.3 is 0 Å². The van der Waals surface area contributed by atoms with Gasteiger partial charge in [-0.15, -0.1) is 0 Å². The highest BCUT2D eigenvalue weighted by Gasteiger charge is 2.54. The lowest BCUT2D eigenvalue weighted by Gasteiger charge is -2.59. The lowest BCUT2D eigenvalue weighted by Crippen LogP contribution is -2.73. The number of nitrogens with zero attached hydrogens (tertiary/aromatic N) is 5. The summed E-state index contributed by atoms with van der Waals surface area (Å²) in [4.78, 5) is 10.8. The van der Waals surface area contributed by atoms with Crippen molar-refractivity contribution < 1.29 is 13.2 Å². The zero-order valence-electron chi connectivity index (χ0n) is 20.1. The molecule has 1 spiro atoms. The lowest BCUT2D eigenvalue weighted by molar-refractivity contribution is 0.0395. The fourth-order valence-corrected chi connectivity index (χ4v) is 6.82. The van der Waals surface area contributed by atoms with Crippen LogP contribution in [0.1, 0.15) is 18.6 Å². The van der Waals surface area contributed by atoms with Gasteiger partial charge in [-0.25, -0.2) is 17.7 Å². The maximum Gasteiger partial charge on any atom is 0.211 e. The van der Waals surface area contributed by atoms with Crippen molar-refractivity contribution >= 4 is 49.9 Å². The van der Waals surface area contributed by atoms with Crippen LogP contribution in [0.4, 0.5) is 5.82 Å². The molecule has 0 radical (unpaired) electrons. The number of H-pyrrole nitrogens is 1. The van der Waals surface area contributed by atoms with Gasteiger partial charge in [-0.05, 0) is 37.3 Å². The molecule has 4 aromatic rings. The van der Waals surface area contributed by atoms with Crippen LogP contribution < -0.4 is 9.64 Å². The Morgan fingerprint density at radius 2 is 1.78 bits per heavy atom. The molecule has 12 heteroatoms. The summed E-state index contributed by atoms with van der Waals surface area (Å²) in [6.07, 6.45) is 5.79. The third kappa shape index (κ3) is 4.41. The molecule has 1 unspecified atom stereocenters. The molecule has 192 valence electrons. The Balaban J connectivity index is 1.18. The Bertz CT molecular complexity index is 1570. The van der Waals surface area contributed by atoms with E-state index in [-0.39, 0.29) is 11.5 Å². The lowest BCUT2D eigenvalue weighted by atomic mass is 9.74. The molecular formula is C25H24Cl2N6O3S. The van der Waals surface area contributed by atoms with Crippen molar-refractivity contribution in [3.05, 3.63) is 64.5 Å². The van der Waals surface area contributed by atoms with Crippen LogP contribution >= 0.6 is 23.2 Å². The summed E-state index contributed by atoms with van der Waals surface area (Å²) >= 11 is 12.6. The average Bonchev–Trinajstić information content (AvgIpc) is 3.20. The molecule has 0 amide bonds. The van der Waals surface area contributed by atoms with Crippen molar-refractivity contribution in [2.24, 2.45) is 5.41 Å². The molecule has 1 N–H and O–H groups in total. The van der Waals surface area contributed by atoms with Crippen LogP contribution in [0.2, 0.25) is 10.0 Å². The van der Waals surface area contributed by atoms with Gasteiger partial charge in [0.2, 0.25) is 10.0 Å². The van der Waals surface area contributed by atoms with E-state index in [4.69, 9.17) is 27.9 Å². The minimum absolute atomic E-state index is 0.0556. The Morgan fingerprint density at radius 3 is 2.43 bits per heavy atom. The predicted octanol–water partition coefficient (Wildman–Crippen LogP) is 4.55. The molecule has 5 heterocycles. The average molecular weight is 559 g/mol. The molecule has 37 heavy (non-hydrogen) atoms. The second-order valence-electron chi connectivity index (χ2n) is 9.85. The summed E-state index contributed by atoms with van der Waals surface area (Å²) in [5.74, 6) is 1.53. The zero-order chi connectivity index (χ0) is 25.9. The summed E-state index contributed by atoms with van der Waals surface area (Å²) in [7, 11) is -3.11. The third-order valence-electron chi connectivity index (χ3n) is 7.03. The quantitative estimate of drug-likeness (QED) is 0.370. The number of aromatic amines is 1. The molecule has 1 atom stereocenters. The van der Waals surface area contributed by atoms with Gasteiger partial charge in [-0.3, -0.25) is 10.1 Å². The van der Waals surface area contributed by atoms with Gasteiger partial charge in [0.1, 0.15) is 23.4 Å². The standard InChI is InChI=1S/C25H24Cl2N6O3S/c1-15(23-19(26)9-28-10-20(23)27)36-17-4-5-21-18(7-17)24(31-30-21)16-3-6-22(29-8-16)32-11-25(12-32)13-33(14-25)37(2,34)35/h3-10,15H,11-14H2,1-2H3,(H,30,31). The largest absolute Gasteiger partial charge is 0.486 e. The summed E-state index contributed by atoms with van der Waals surface area (Å²) in [5, 5.41) is 9.39. The molecule has 9 nitrogen and oxygen atoms in total. The van der Waals surface area contributed by atoms with Crippen LogP contribution in [0.15, 0.2) is 48.9 Å². The van der Waals surface area contributed by atoms with Gasteiger partial charge < -0.3 is 9.64 Å². The fraction of sp³-hybridized carbons (Fsp3) is 0.320. The summed E-state index contributed by atoms with van der Waals surface area (Å²) in [5.41, 5.74) is 3.27. The Labute approximate surface area is 224 Å². The molecule has 2 aliphatic heterocycles. The van der Waals surface area contributed by atoms with Crippen molar-refractivity contribution in [2.75, 3.05) is 37.3 Å². The van der Waals surface area contributed by atoms with Gasteiger partial charge in [0, 0.05) is 66.7 Å². The normalized spacial score (nSPS) is 18.0. The summed E-state index contributed by atoms with van der Waals surface area (Å²) < 4.78 is 31.0. The molecule has 3 aromatic heterocycles. The van der Waals surface area contributed by atoms with Crippen molar-refractivity contribution in [1.29, 1.82) is 0 Å². The van der Waals surface area contributed by atoms with Gasteiger partial charge in [-0.1, -0.05) is 23.2 Å². The summed E-state index contributed by atoms with van der Waals surface area (Å²) in [6.45, 7) is 4.67. The van der Waals surface area contributed by atoms with Crippen LogP contribution in [-0.2, 0) is 10.0 Å². The number of hydrogen-bond donors (Lipinski definition) is 1. The number of sulfonamides is 1. The number of pyridine rings is 2. The topological polar surface area (TPSA) is 104 Å². The highest BCUT2D eigenvalue weighted by atomic mass is 35.5. The maximum absolute atomic E-state index is 11.7. The molecule has 1 aromatic carbocycles. The second kappa shape index (κ2) is 8.83. The van der Waals surface area contributed by atoms with Crippen LogP contribution in [0.3, 0.4) is 0 Å². The monoisotopic (exact) mass is 558 g/mol. The highest BCUT2D eigenvalue weighted by Crippen LogP contribution is 2.42. The van der Waals surface area contributed by atoms with E-state index >= 15 is 0 Å². The first kappa shape index (κ1) is 24.4. The minimum Gasteiger partial charge on any atom is -0.486 e. The van der Waals surface area contributed by atoms with E-state index in [0.29, 0.717) is 34.4 Å². The van der Waals surface area contributed by atoms with E-state index in [0.717, 1.165) is 41.1 Å². The van der Waals surface area contributed by atoms with E-state index in [1.807, 2.05) is 43.5 Å². The Morgan fingerprint density at radius 1 is 1.05 bits per heavy atom. The Hall–Kier alpha value is -2.92. The fourth-order valence-electron chi connectivity index (χ4n) is 5.13. The number of aromatic nitrogens is 4. The molecule has 2 fully saturated rings. The first-order chi connectivity index (χ1) is 17.6. The number of nitrogens with one attached hydrogen (secondary N) is 1. The minimum atomic E-state index is -3.11. The number of fused-ring (bicyclic) bond motifs is 1. The van der Waals surface area contributed by atoms with Crippen LogP contribution in [0, 0.1) is 5.41 Å². The Kier molecular flexibility index (Phi) is 5.83. The van der Waals surface area contributed by atoms with Gasteiger partial charge in [-0.2, -0.15) is 5.10 Å². The molecule has 0 aliphatic carbocycles. The second-order valence-corrected chi connectivity index (χ2v) is 12.6. The zero-order valence-corrected chi connectivity index (χ0v) is 22.5. The van der Waals surface area contributed by atoms with Gasteiger partial charge in [0.05, 0.1) is 21.8 Å². The van der Waals surface area contributed by atoms with E-state index in [9.17, 15) is 8.42 Å². The van der Waals surface area contributed by atoms with Crippen molar-refractivity contribution in [1.82, 2.24) is 24.5 Å². The van der Waals surface area contributed by atoms with E-state index in [1.54, 1.807) is 12.4 Å². The number of anilines is 1. The smallest absolute Gasteiger partial charge is 0.211 e. The predicted molar refractivity (Wildman–Crippen MR) is 144 cm³/mol. The van der Waals surface area contributed by atoms with Crippen molar-refractivity contribution in [2.45, 2.75) is 13.0 Å². The molecule has 2 aliphatic rings. The highest BCUT2D eigenvalue weighted by molar-refractivity contribution is 7.88. The van der Waals surface area contributed by atoms with Gasteiger partial charge in [0.25, 0.3) is 0 Å². The van der Waals surface area contributed by atoms with Crippen molar-refractivity contribution in [3.63, 3.8) is 0 Å². The number of hydrogen-bond acceptors (Lipinski definition) is 7. The molecule has 2 saturated heterocycles. The molecule has 6 rings (SSSR count). The first-order valence-corrected chi connectivity index (χ1v) is 14.3. The maximum atomic E-state index is 11.7. The number of benzene rings is 1. The van der Waals surface area contributed by atoms with Crippen molar-refractivity contribution in [3.8, 4) is 17.0 Å². The van der Waals surface area contributed by atoms with E-state index < -0.39 is 10.0 Å². The van der Waals surface area contributed by atoms with E-state index in [2.05, 4.69) is 25.1 Å². The van der Waals surface area contributed by atoms with Crippen LogP contribution in [0.25, 0.3) is 22.2 Å². The molecule has 0 saturated carbocycles. The van der Waals surface area contributed by atoms with Crippen LogP contribution in [-0.4, -0.2) is 65.3 Å². The van der Waals surface area contributed by atoms with Gasteiger partial charge in [0.15, 0.2) is 0 Å². The first-order valence-electron chi connectivity index (χ1n) is 11.7. The number of ether oxygens (including phenoxy) is 1. The van der Waals surface area contributed by atoms with Crippen LogP contribution in [0.5, 0.6) is 5.75 Å². The molecule has 0 bridgehead atoms. The number of rotatable bonds is 6. The summed E-state index contributed by atoms with van der Waals surface area (Å²) in [6, 6.07) is 9.70. The molecular weight excluding hydrogens is 535 g/mol. The third-order valence-corrected chi connectivity index (χ3v) is 8.83. The van der Waals surface area contributed by atoms with E-state index in [1.165, 1.54) is 10.6 Å². The number of halogens is 2.